The van der Waals surface area contributed by atoms with Gasteiger partial charge in [-0.3, -0.25) is 4.98 Å². The van der Waals surface area contributed by atoms with Crippen LogP contribution in [0.2, 0.25) is 0 Å². The van der Waals surface area contributed by atoms with Crippen LogP contribution in [0.5, 0.6) is 0 Å². The van der Waals surface area contributed by atoms with E-state index in [1.165, 1.54) is 29.7 Å². The van der Waals surface area contributed by atoms with Crippen molar-refractivity contribution in [3.63, 3.8) is 0 Å². The normalized spacial score (nSPS) is 15.4. The first-order valence-electron chi connectivity index (χ1n) is 8.96. The third-order valence-electron chi connectivity index (χ3n) is 5.13. The molecule has 1 heterocycles. The first-order chi connectivity index (χ1) is 12.0. The fourth-order valence-electron chi connectivity index (χ4n) is 3.39. The molecule has 1 aromatic heterocycles. The average molecular weight is 339 g/mol. The molecule has 3 rings (SSSR count). The molecule has 134 valence electrons. The van der Waals surface area contributed by atoms with Crippen molar-refractivity contribution in [1.29, 1.82) is 0 Å². The molecule has 25 heavy (non-hydrogen) atoms. The van der Waals surface area contributed by atoms with E-state index in [0.29, 0.717) is 5.41 Å². The van der Waals surface area contributed by atoms with E-state index in [9.17, 15) is 0 Å². The van der Waals surface area contributed by atoms with E-state index in [1.54, 1.807) is 7.11 Å². The maximum Gasteiger partial charge on any atom is 0.0705 e. The number of ether oxygens (including phenoxy) is 1. The molecule has 0 saturated heterocycles. The first-order valence-corrected chi connectivity index (χ1v) is 8.96. The third-order valence-corrected chi connectivity index (χ3v) is 5.13. The number of benzene rings is 1. The van der Waals surface area contributed by atoms with Crippen molar-refractivity contribution >= 4 is 5.69 Å². The monoisotopic (exact) mass is 339 g/mol. The van der Waals surface area contributed by atoms with Gasteiger partial charge in [-0.05, 0) is 49.7 Å². The highest BCUT2D eigenvalue weighted by Crippen LogP contribution is 2.49. The molecule has 0 bridgehead atoms. The molecule has 1 saturated carbocycles. The summed E-state index contributed by atoms with van der Waals surface area (Å²) in [4.78, 5) is 9.13. The lowest BCUT2D eigenvalue weighted by atomic mass is 9.94. The Hall–Kier alpha value is -1.91. The minimum Gasteiger partial charge on any atom is -0.383 e. The van der Waals surface area contributed by atoms with Crippen molar-refractivity contribution in [2.24, 2.45) is 0 Å². The van der Waals surface area contributed by atoms with Gasteiger partial charge in [0.15, 0.2) is 0 Å². The van der Waals surface area contributed by atoms with E-state index in [1.807, 2.05) is 6.20 Å². The van der Waals surface area contributed by atoms with Crippen molar-refractivity contribution in [1.82, 2.24) is 9.88 Å². The van der Waals surface area contributed by atoms with E-state index in [2.05, 4.69) is 72.3 Å². The molecule has 0 spiro atoms. The molecule has 4 heteroatoms. The molecule has 0 atom stereocenters. The van der Waals surface area contributed by atoms with Gasteiger partial charge in [-0.2, -0.15) is 0 Å². The lowest BCUT2D eigenvalue weighted by molar-refractivity contribution is 0.156. The zero-order chi connectivity index (χ0) is 17.9. The van der Waals surface area contributed by atoms with Gasteiger partial charge < -0.3 is 14.5 Å². The SMILES string of the molecule is COCCN(C)CC1(c2ccnc(-c3cccc(N(C)C)c3)c2)CC1. The Morgan fingerprint density at radius 2 is 1.92 bits per heavy atom. The largest absolute Gasteiger partial charge is 0.383 e. The maximum absolute atomic E-state index is 5.20. The summed E-state index contributed by atoms with van der Waals surface area (Å²) < 4.78 is 5.20. The second kappa shape index (κ2) is 7.54. The van der Waals surface area contributed by atoms with Crippen LogP contribution in [0.3, 0.4) is 0 Å². The topological polar surface area (TPSA) is 28.6 Å². The van der Waals surface area contributed by atoms with Crippen molar-refractivity contribution in [3.05, 3.63) is 48.2 Å². The smallest absolute Gasteiger partial charge is 0.0705 e. The highest BCUT2D eigenvalue weighted by Gasteiger charge is 2.45. The van der Waals surface area contributed by atoms with E-state index in [4.69, 9.17) is 4.74 Å². The molecular formula is C21H29N3O. The van der Waals surface area contributed by atoms with Crippen LogP contribution in [0.4, 0.5) is 5.69 Å². The number of anilines is 1. The van der Waals surface area contributed by atoms with Gasteiger partial charge in [-0.1, -0.05) is 12.1 Å². The molecule has 1 fully saturated rings. The Bertz CT molecular complexity index is 710. The van der Waals surface area contributed by atoms with Crippen LogP contribution < -0.4 is 4.90 Å². The summed E-state index contributed by atoms with van der Waals surface area (Å²) in [7, 11) is 8.08. The first kappa shape index (κ1) is 17.9. The van der Waals surface area contributed by atoms with Gasteiger partial charge in [-0.25, -0.2) is 0 Å². The quantitative estimate of drug-likeness (QED) is 0.737. The fourth-order valence-corrected chi connectivity index (χ4v) is 3.39. The number of pyridine rings is 1. The van der Waals surface area contributed by atoms with Crippen LogP contribution in [-0.2, 0) is 10.2 Å². The van der Waals surface area contributed by atoms with Crippen molar-refractivity contribution < 1.29 is 4.74 Å². The summed E-state index contributed by atoms with van der Waals surface area (Å²) in [6.07, 6.45) is 4.47. The standard InChI is InChI=1S/C21H29N3O/c1-23(2)19-7-5-6-17(14-19)20-15-18(8-11-22-20)21(9-10-21)16-24(3)12-13-25-4/h5-8,11,14-15H,9-10,12-13,16H2,1-4H3. The molecular weight excluding hydrogens is 310 g/mol. The van der Waals surface area contributed by atoms with Crippen LogP contribution in [0.25, 0.3) is 11.3 Å². The highest BCUT2D eigenvalue weighted by atomic mass is 16.5. The molecule has 4 nitrogen and oxygen atoms in total. The third kappa shape index (κ3) is 4.20. The van der Waals surface area contributed by atoms with Crippen LogP contribution in [0, 0.1) is 0 Å². The number of aromatic nitrogens is 1. The number of hydrogen-bond donors (Lipinski definition) is 0. The minimum absolute atomic E-state index is 0.291. The fraction of sp³-hybridized carbons (Fsp3) is 0.476. The predicted octanol–water partition coefficient (Wildman–Crippen LogP) is 3.42. The number of hydrogen-bond acceptors (Lipinski definition) is 4. The summed E-state index contributed by atoms with van der Waals surface area (Å²) in [5.74, 6) is 0. The molecule has 0 N–H and O–H groups in total. The highest BCUT2D eigenvalue weighted by molar-refractivity contribution is 5.66. The lowest BCUT2D eigenvalue weighted by Gasteiger charge is -2.24. The van der Waals surface area contributed by atoms with E-state index >= 15 is 0 Å². The van der Waals surface area contributed by atoms with Crippen molar-refractivity contribution in [2.45, 2.75) is 18.3 Å². The van der Waals surface area contributed by atoms with Gasteiger partial charge in [0.1, 0.15) is 0 Å². The lowest BCUT2D eigenvalue weighted by Crippen LogP contribution is -2.31. The van der Waals surface area contributed by atoms with E-state index < -0.39 is 0 Å². The van der Waals surface area contributed by atoms with Crippen LogP contribution in [0.1, 0.15) is 18.4 Å². The average Bonchev–Trinajstić information content (AvgIpc) is 3.41. The number of likely N-dealkylation sites (N-methyl/N-ethyl adjacent to an activating group) is 1. The van der Waals surface area contributed by atoms with Gasteiger partial charge in [0, 0.05) is 57.2 Å². The molecule has 0 unspecified atom stereocenters. The summed E-state index contributed by atoms with van der Waals surface area (Å²) >= 11 is 0. The zero-order valence-corrected chi connectivity index (χ0v) is 15.8. The molecule has 2 aromatic rings. The van der Waals surface area contributed by atoms with Crippen molar-refractivity contribution in [3.8, 4) is 11.3 Å². The van der Waals surface area contributed by atoms with Gasteiger partial charge >= 0.3 is 0 Å². The maximum atomic E-state index is 5.20. The summed E-state index contributed by atoms with van der Waals surface area (Å²) in [6, 6.07) is 13.0. The van der Waals surface area contributed by atoms with Crippen LogP contribution >= 0.6 is 0 Å². The molecule has 1 aliphatic rings. The second-order valence-electron chi connectivity index (χ2n) is 7.39. The molecule has 1 aliphatic carbocycles. The van der Waals surface area contributed by atoms with E-state index in [-0.39, 0.29) is 0 Å². The number of methoxy groups -OCH3 is 1. The number of nitrogens with zero attached hydrogens (tertiary/aromatic N) is 3. The number of rotatable bonds is 8. The van der Waals surface area contributed by atoms with Gasteiger partial charge in [0.25, 0.3) is 0 Å². The minimum atomic E-state index is 0.291. The Balaban J connectivity index is 1.81. The Kier molecular flexibility index (Phi) is 5.40. The summed E-state index contributed by atoms with van der Waals surface area (Å²) in [6.45, 7) is 2.84. The molecule has 0 radical (unpaired) electrons. The second-order valence-corrected chi connectivity index (χ2v) is 7.39. The van der Waals surface area contributed by atoms with Gasteiger partial charge in [0.05, 0.1) is 12.3 Å². The van der Waals surface area contributed by atoms with Gasteiger partial charge in [-0.15, -0.1) is 0 Å². The molecule has 0 amide bonds. The van der Waals surface area contributed by atoms with Crippen LogP contribution in [-0.4, -0.2) is 57.8 Å². The Morgan fingerprint density at radius 3 is 2.60 bits per heavy atom. The predicted molar refractivity (Wildman–Crippen MR) is 104 cm³/mol. The Morgan fingerprint density at radius 1 is 1.12 bits per heavy atom. The molecule has 1 aromatic carbocycles. The van der Waals surface area contributed by atoms with Gasteiger partial charge in [0.2, 0.25) is 0 Å². The summed E-state index contributed by atoms with van der Waals surface area (Å²) in [5.41, 5.74) is 5.14. The van der Waals surface area contributed by atoms with Crippen molar-refractivity contribution in [2.75, 3.05) is 52.8 Å². The molecule has 0 aliphatic heterocycles. The van der Waals surface area contributed by atoms with E-state index in [0.717, 1.165) is 25.4 Å². The zero-order valence-electron chi connectivity index (χ0n) is 15.8. The Labute approximate surface area is 151 Å². The summed E-state index contributed by atoms with van der Waals surface area (Å²) in [5, 5.41) is 0. The van der Waals surface area contributed by atoms with Crippen LogP contribution in [0.15, 0.2) is 42.6 Å².